The lowest BCUT2D eigenvalue weighted by Gasteiger charge is -2.34. The van der Waals surface area contributed by atoms with Crippen LogP contribution in [0.2, 0.25) is 0 Å². The molecule has 3 rings (SSSR count). The molecule has 2 aromatic rings. The van der Waals surface area contributed by atoms with Gasteiger partial charge in [0.15, 0.2) is 0 Å². The van der Waals surface area contributed by atoms with E-state index in [1.54, 1.807) is 10.00 Å². The summed E-state index contributed by atoms with van der Waals surface area (Å²) in [6, 6.07) is -0.381. The molecule has 0 bridgehead atoms. The number of anilines is 2. The number of hydrogen-bond donors (Lipinski definition) is 3. The van der Waals surface area contributed by atoms with Crippen molar-refractivity contribution in [1.82, 2.24) is 30.4 Å². The molecule has 2 amide bonds. The standard InChI is InChI=1S/C19H20F6N8O2/c20-18(21,22)12-9-28-16(29-10-12)32-5-7-33(8-6-32)17(35)27-4-2-1-3-26-13-11-30-31-15(34)14(13)19(23,24)25/h1-2,9-11H,3-8H2,(H,27,35)(H2,26,31,34)/b2-1+. The predicted octanol–water partition coefficient (Wildman–Crippen LogP) is 2.10. The first kappa shape index (κ1) is 25.8. The Bertz CT molecular complexity index is 1090. The van der Waals surface area contributed by atoms with Crippen LogP contribution in [-0.2, 0) is 12.4 Å². The van der Waals surface area contributed by atoms with Gasteiger partial charge in [-0.2, -0.15) is 31.4 Å². The van der Waals surface area contributed by atoms with Crippen LogP contribution in [0.15, 0.2) is 35.5 Å². The zero-order valence-corrected chi connectivity index (χ0v) is 17.9. The monoisotopic (exact) mass is 506 g/mol. The Hall–Kier alpha value is -3.85. The van der Waals surface area contributed by atoms with Gasteiger partial charge in [0, 0.05) is 51.7 Å². The van der Waals surface area contributed by atoms with E-state index >= 15 is 0 Å². The maximum Gasteiger partial charge on any atom is 0.423 e. The highest BCUT2D eigenvalue weighted by Crippen LogP contribution is 2.31. The first-order valence-corrected chi connectivity index (χ1v) is 10.2. The van der Waals surface area contributed by atoms with Crippen LogP contribution in [0.25, 0.3) is 0 Å². The minimum Gasteiger partial charge on any atom is -0.380 e. The molecule has 35 heavy (non-hydrogen) atoms. The van der Waals surface area contributed by atoms with E-state index in [0.29, 0.717) is 25.5 Å². The van der Waals surface area contributed by atoms with E-state index in [1.165, 1.54) is 17.1 Å². The third-order valence-corrected chi connectivity index (χ3v) is 4.90. The van der Waals surface area contributed by atoms with Gasteiger partial charge in [0.25, 0.3) is 5.56 Å². The molecule has 190 valence electrons. The van der Waals surface area contributed by atoms with Gasteiger partial charge >= 0.3 is 18.4 Å². The van der Waals surface area contributed by atoms with Crippen LogP contribution >= 0.6 is 0 Å². The van der Waals surface area contributed by atoms with E-state index in [-0.39, 0.29) is 38.2 Å². The molecule has 1 fully saturated rings. The molecule has 16 heteroatoms. The van der Waals surface area contributed by atoms with Crippen LogP contribution in [0, 0.1) is 0 Å². The smallest absolute Gasteiger partial charge is 0.380 e. The second kappa shape index (κ2) is 10.6. The van der Waals surface area contributed by atoms with Crippen molar-refractivity contribution in [3.63, 3.8) is 0 Å². The molecule has 0 unspecified atom stereocenters. The lowest BCUT2D eigenvalue weighted by molar-refractivity contribution is -0.139. The van der Waals surface area contributed by atoms with Crippen molar-refractivity contribution in [1.29, 1.82) is 0 Å². The maximum absolute atomic E-state index is 13.0. The molecule has 1 saturated heterocycles. The molecular formula is C19H20F6N8O2. The fraction of sp³-hybridized carbons (Fsp3) is 0.421. The van der Waals surface area contributed by atoms with E-state index < -0.39 is 34.7 Å². The van der Waals surface area contributed by atoms with Crippen molar-refractivity contribution in [2.45, 2.75) is 12.4 Å². The van der Waals surface area contributed by atoms with Crippen LogP contribution in [0.5, 0.6) is 0 Å². The third kappa shape index (κ3) is 6.83. The van der Waals surface area contributed by atoms with Crippen molar-refractivity contribution in [2.24, 2.45) is 0 Å². The molecule has 0 atom stereocenters. The number of halogens is 6. The van der Waals surface area contributed by atoms with E-state index in [0.717, 1.165) is 6.20 Å². The number of urea groups is 1. The highest BCUT2D eigenvalue weighted by Gasteiger charge is 2.37. The fourth-order valence-electron chi connectivity index (χ4n) is 3.15. The summed E-state index contributed by atoms with van der Waals surface area (Å²) in [6.45, 7) is 1.28. The number of aromatic amines is 1. The fourth-order valence-corrected chi connectivity index (χ4v) is 3.15. The summed E-state index contributed by atoms with van der Waals surface area (Å²) in [7, 11) is 0. The highest BCUT2D eigenvalue weighted by atomic mass is 19.4. The Labute approximate surface area is 194 Å². The number of H-pyrrole nitrogens is 1. The summed E-state index contributed by atoms with van der Waals surface area (Å²) < 4.78 is 76.8. The summed E-state index contributed by atoms with van der Waals surface area (Å²) in [5.74, 6) is 0.137. The van der Waals surface area contributed by atoms with Gasteiger partial charge in [-0.3, -0.25) is 4.79 Å². The topological polar surface area (TPSA) is 119 Å². The number of nitrogens with one attached hydrogen (secondary N) is 3. The highest BCUT2D eigenvalue weighted by molar-refractivity contribution is 5.74. The second-order valence-corrected chi connectivity index (χ2v) is 7.27. The predicted molar refractivity (Wildman–Crippen MR) is 112 cm³/mol. The molecule has 10 nitrogen and oxygen atoms in total. The summed E-state index contributed by atoms with van der Waals surface area (Å²) in [5, 5.41) is 10.2. The molecule has 0 aromatic carbocycles. The molecule has 1 aliphatic heterocycles. The molecule has 2 aromatic heterocycles. The summed E-state index contributed by atoms with van der Waals surface area (Å²) >= 11 is 0. The van der Waals surface area contributed by atoms with Crippen molar-refractivity contribution < 1.29 is 31.1 Å². The Balaban J connectivity index is 1.41. The Kier molecular flexibility index (Phi) is 7.81. The average molecular weight is 506 g/mol. The molecule has 0 radical (unpaired) electrons. The number of rotatable bonds is 6. The van der Waals surface area contributed by atoms with E-state index in [9.17, 15) is 35.9 Å². The van der Waals surface area contributed by atoms with Gasteiger partial charge in [-0.05, 0) is 0 Å². The van der Waals surface area contributed by atoms with Crippen LogP contribution in [0.3, 0.4) is 0 Å². The number of alkyl halides is 6. The molecular weight excluding hydrogens is 486 g/mol. The van der Waals surface area contributed by atoms with Gasteiger partial charge < -0.3 is 20.4 Å². The molecule has 0 aliphatic carbocycles. The Morgan fingerprint density at radius 2 is 1.60 bits per heavy atom. The maximum atomic E-state index is 13.0. The average Bonchev–Trinajstić information content (AvgIpc) is 2.80. The van der Waals surface area contributed by atoms with Crippen LogP contribution in [0.1, 0.15) is 11.1 Å². The van der Waals surface area contributed by atoms with Gasteiger partial charge in [-0.15, -0.1) is 0 Å². The third-order valence-electron chi connectivity index (χ3n) is 4.90. The largest absolute Gasteiger partial charge is 0.423 e. The number of hydrogen-bond acceptors (Lipinski definition) is 7. The lowest BCUT2D eigenvalue weighted by atomic mass is 10.2. The first-order valence-electron chi connectivity index (χ1n) is 10.2. The number of nitrogens with zero attached hydrogens (tertiary/aromatic N) is 5. The molecule has 0 saturated carbocycles. The minimum atomic E-state index is -4.85. The van der Waals surface area contributed by atoms with Gasteiger partial charge in [0.2, 0.25) is 5.95 Å². The van der Waals surface area contributed by atoms with Gasteiger partial charge in [-0.25, -0.2) is 19.9 Å². The van der Waals surface area contributed by atoms with Gasteiger partial charge in [0.1, 0.15) is 5.56 Å². The second-order valence-electron chi connectivity index (χ2n) is 7.27. The van der Waals surface area contributed by atoms with Gasteiger partial charge in [0.05, 0.1) is 17.4 Å². The SMILES string of the molecule is O=C(NC/C=C/CNc1cn[nH]c(=O)c1C(F)(F)F)N1CCN(c2ncc(C(F)(F)F)cn2)CC1. The zero-order chi connectivity index (χ0) is 25.6. The Morgan fingerprint density at radius 3 is 2.20 bits per heavy atom. The van der Waals surface area contributed by atoms with Crippen molar-refractivity contribution in [3.05, 3.63) is 52.2 Å². The minimum absolute atomic E-state index is 0.0457. The quantitative estimate of drug-likeness (QED) is 0.406. The lowest BCUT2D eigenvalue weighted by Crippen LogP contribution is -2.52. The van der Waals surface area contributed by atoms with Crippen molar-refractivity contribution in [3.8, 4) is 0 Å². The Morgan fingerprint density at radius 1 is 0.971 bits per heavy atom. The van der Waals surface area contributed by atoms with E-state index in [1.807, 2.05) is 0 Å². The van der Waals surface area contributed by atoms with Crippen molar-refractivity contribution in [2.75, 3.05) is 49.5 Å². The summed E-state index contributed by atoms with van der Waals surface area (Å²) in [6.07, 6.45) is -4.11. The van der Waals surface area contributed by atoms with Crippen LogP contribution in [0.4, 0.5) is 42.8 Å². The summed E-state index contributed by atoms with van der Waals surface area (Å²) in [4.78, 5) is 34.3. The number of carbonyl (C=O) groups is 1. The molecule has 3 N–H and O–H groups in total. The molecule has 0 spiro atoms. The number of aromatic nitrogens is 4. The number of piperazine rings is 1. The van der Waals surface area contributed by atoms with Crippen LogP contribution < -0.4 is 21.1 Å². The zero-order valence-electron chi connectivity index (χ0n) is 17.9. The van der Waals surface area contributed by atoms with Gasteiger partial charge in [-0.1, -0.05) is 12.2 Å². The normalized spacial score (nSPS) is 14.9. The molecule has 3 heterocycles. The first-order chi connectivity index (χ1) is 16.5. The number of amides is 2. The summed E-state index contributed by atoms with van der Waals surface area (Å²) in [5.41, 5.74) is -4.15. The van der Waals surface area contributed by atoms with E-state index in [4.69, 9.17) is 0 Å². The molecule has 1 aliphatic rings. The van der Waals surface area contributed by atoms with Crippen LogP contribution in [-0.4, -0.2) is 70.4 Å². The van der Waals surface area contributed by atoms with E-state index in [2.05, 4.69) is 25.7 Å². The number of carbonyl (C=O) groups excluding carboxylic acids is 1. The van der Waals surface area contributed by atoms with Crippen molar-refractivity contribution >= 4 is 17.7 Å².